The van der Waals surface area contributed by atoms with Crippen molar-refractivity contribution in [1.82, 2.24) is 10.2 Å². The first-order valence-corrected chi connectivity index (χ1v) is 7.64. The molecule has 1 fully saturated rings. The minimum atomic E-state index is 0.369. The molecular weight excluding hydrogens is 244 g/mol. The molecule has 1 saturated heterocycles. The number of nitrogens with zero attached hydrogens (tertiary/aromatic N) is 1. The molecule has 1 N–H and O–H groups in total. The molecule has 0 bridgehead atoms. The number of nitrogens with one attached hydrogen (secondary N) is 1. The molecule has 2 rings (SSSR count). The summed E-state index contributed by atoms with van der Waals surface area (Å²) in [6.45, 7) is 11.8. The van der Waals surface area contributed by atoms with Gasteiger partial charge in [-0.1, -0.05) is 0 Å². The Labute approximate surface area is 114 Å². The number of aryl methyl sites for hydroxylation is 1. The Balaban J connectivity index is 1.65. The molecule has 0 aliphatic carbocycles. The summed E-state index contributed by atoms with van der Waals surface area (Å²) in [5.41, 5.74) is 1.40. The van der Waals surface area contributed by atoms with Gasteiger partial charge in [0.2, 0.25) is 0 Å². The van der Waals surface area contributed by atoms with E-state index in [4.69, 9.17) is 4.74 Å². The number of hydrogen-bond acceptors (Lipinski definition) is 4. The molecule has 1 aliphatic heterocycles. The van der Waals surface area contributed by atoms with Gasteiger partial charge in [0.1, 0.15) is 0 Å². The number of hydrogen-bond donors (Lipinski definition) is 1. The van der Waals surface area contributed by atoms with Crippen molar-refractivity contribution in [2.75, 3.05) is 26.2 Å². The Bertz CT molecular complexity index is 356. The van der Waals surface area contributed by atoms with Crippen LogP contribution in [0.3, 0.4) is 0 Å². The van der Waals surface area contributed by atoms with Crippen molar-refractivity contribution in [2.45, 2.75) is 39.5 Å². The molecule has 0 amide bonds. The maximum Gasteiger partial charge on any atom is 0.0678 e. The Kier molecular flexibility index (Phi) is 5.18. The van der Waals surface area contributed by atoms with Gasteiger partial charge in [-0.25, -0.2) is 0 Å². The van der Waals surface area contributed by atoms with Gasteiger partial charge in [0.25, 0.3) is 0 Å². The molecule has 4 heteroatoms. The van der Waals surface area contributed by atoms with Gasteiger partial charge in [-0.2, -0.15) is 0 Å². The summed E-state index contributed by atoms with van der Waals surface area (Å²) in [5.74, 6) is 0. The zero-order valence-electron chi connectivity index (χ0n) is 11.6. The van der Waals surface area contributed by atoms with E-state index in [0.29, 0.717) is 12.2 Å². The molecule has 0 saturated carbocycles. The Morgan fingerprint density at radius 2 is 2.11 bits per heavy atom. The van der Waals surface area contributed by atoms with Gasteiger partial charge >= 0.3 is 0 Å². The molecule has 1 aromatic heterocycles. The van der Waals surface area contributed by atoms with Crippen molar-refractivity contribution in [1.29, 1.82) is 0 Å². The predicted molar refractivity (Wildman–Crippen MR) is 77.2 cm³/mol. The second-order valence-electron chi connectivity index (χ2n) is 5.22. The summed E-state index contributed by atoms with van der Waals surface area (Å²) in [6, 6.07) is 2.19. The number of rotatable bonds is 5. The smallest absolute Gasteiger partial charge is 0.0678 e. The molecule has 0 unspecified atom stereocenters. The lowest BCUT2D eigenvalue weighted by molar-refractivity contribution is -0.0674. The standard InChI is InChI=1S/C14H24N2OS/c1-11-4-7-18-14(11)8-15-5-6-16-9-12(2)17-13(3)10-16/h4,7,12-13,15H,5-6,8-10H2,1-3H3/t12-,13+. The SMILES string of the molecule is Cc1ccsc1CNCCN1C[C@@H](C)O[C@@H](C)C1. The van der Waals surface area contributed by atoms with Crippen LogP contribution in [0, 0.1) is 6.92 Å². The van der Waals surface area contributed by atoms with E-state index >= 15 is 0 Å². The highest BCUT2D eigenvalue weighted by Crippen LogP contribution is 2.14. The van der Waals surface area contributed by atoms with Gasteiger partial charge in [-0.15, -0.1) is 11.3 Å². The second-order valence-corrected chi connectivity index (χ2v) is 6.22. The molecule has 1 aliphatic rings. The average molecular weight is 268 g/mol. The van der Waals surface area contributed by atoms with Gasteiger partial charge in [-0.3, -0.25) is 4.90 Å². The summed E-state index contributed by atoms with van der Waals surface area (Å²) in [6.07, 6.45) is 0.738. The van der Waals surface area contributed by atoms with E-state index in [9.17, 15) is 0 Å². The first kappa shape index (κ1) is 14.0. The lowest BCUT2D eigenvalue weighted by Crippen LogP contribution is -2.47. The van der Waals surface area contributed by atoms with Crippen molar-refractivity contribution < 1.29 is 4.74 Å². The molecule has 102 valence electrons. The van der Waals surface area contributed by atoms with E-state index in [2.05, 4.69) is 42.4 Å². The molecule has 0 radical (unpaired) electrons. The van der Waals surface area contributed by atoms with Crippen molar-refractivity contribution >= 4 is 11.3 Å². The fourth-order valence-electron chi connectivity index (χ4n) is 2.49. The lowest BCUT2D eigenvalue weighted by atomic mass is 10.2. The van der Waals surface area contributed by atoms with Gasteiger partial charge in [0.05, 0.1) is 12.2 Å². The van der Waals surface area contributed by atoms with Crippen LogP contribution in [-0.2, 0) is 11.3 Å². The summed E-state index contributed by atoms with van der Waals surface area (Å²) in [7, 11) is 0. The third-order valence-corrected chi connectivity index (χ3v) is 4.38. The van der Waals surface area contributed by atoms with Gasteiger partial charge in [-0.05, 0) is 37.8 Å². The van der Waals surface area contributed by atoms with Gasteiger partial charge < -0.3 is 10.1 Å². The van der Waals surface area contributed by atoms with E-state index in [1.165, 1.54) is 10.4 Å². The quantitative estimate of drug-likeness (QED) is 0.829. The normalized spacial score (nSPS) is 25.5. The van der Waals surface area contributed by atoms with E-state index in [1.807, 2.05) is 11.3 Å². The first-order chi connectivity index (χ1) is 8.65. The topological polar surface area (TPSA) is 24.5 Å². The molecule has 2 heterocycles. The Hall–Kier alpha value is -0.420. The van der Waals surface area contributed by atoms with Crippen LogP contribution in [0.4, 0.5) is 0 Å². The molecule has 2 atom stereocenters. The predicted octanol–water partition coefficient (Wildman–Crippen LogP) is 2.26. The largest absolute Gasteiger partial charge is 0.373 e. The van der Waals surface area contributed by atoms with Crippen LogP contribution in [0.25, 0.3) is 0 Å². The summed E-state index contributed by atoms with van der Waals surface area (Å²) < 4.78 is 5.74. The summed E-state index contributed by atoms with van der Waals surface area (Å²) in [5, 5.41) is 5.70. The summed E-state index contributed by atoms with van der Waals surface area (Å²) >= 11 is 1.84. The monoisotopic (exact) mass is 268 g/mol. The fourth-order valence-corrected chi connectivity index (χ4v) is 3.37. The van der Waals surface area contributed by atoms with E-state index in [0.717, 1.165) is 32.7 Å². The van der Waals surface area contributed by atoms with Crippen LogP contribution in [0.2, 0.25) is 0 Å². The fraction of sp³-hybridized carbons (Fsp3) is 0.714. The van der Waals surface area contributed by atoms with Crippen LogP contribution in [0.15, 0.2) is 11.4 Å². The minimum absolute atomic E-state index is 0.369. The van der Waals surface area contributed by atoms with Crippen molar-refractivity contribution in [2.24, 2.45) is 0 Å². The first-order valence-electron chi connectivity index (χ1n) is 6.76. The van der Waals surface area contributed by atoms with Crippen LogP contribution in [0.5, 0.6) is 0 Å². The second kappa shape index (κ2) is 6.66. The maximum absolute atomic E-state index is 5.74. The lowest BCUT2D eigenvalue weighted by Gasteiger charge is -2.35. The Morgan fingerprint density at radius 3 is 2.72 bits per heavy atom. The van der Waals surface area contributed by atoms with E-state index in [1.54, 1.807) is 0 Å². The molecule has 18 heavy (non-hydrogen) atoms. The highest BCUT2D eigenvalue weighted by atomic mass is 32.1. The molecule has 0 spiro atoms. The Morgan fingerprint density at radius 1 is 1.39 bits per heavy atom. The van der Waals surface area contributed by atoms with Gasteiger partial charge in [0.15, 0.2) is 0 Å². The van der Waals surface area contributed by atoms with Crippen LogP contribution < -0.4 is 5.32 Å². The zero-order valence-corrected chi connectivity index (χ0v) is 12.4. The maximum atomic E-state index is 5.74. The van der Waals surface area contributed by atoms with E-state index in [-0.39, 0.29) is 0 Å². The molecule has 3 nitrogen and oxygen atoms in total. The summed E-state index contributed by atoms with van der Waals surface area (Å²) in [4.78, 5) is 3.95. The molecule has 1 aromatic rings. The number of thiophene rings is 1. The van der Waals surface area contributed by atoms with Crippen molar-refractivity contribution in [3.8, 4) is 0 Å². The highest BCUT2D eigenvalue weighted by Gasteiger charge is 2.21. The van der Waals surface area contributed by atoms with Crippen molar-refractivity contribution in [3.05, 3.63) is 21.9 Å². The van der Waals surface area contributed by atoms with Crippen LogP contribution >= 0.6 is 11.3 Å². The highest BCUT2D eigenvalue weighted by molar-refractivity contribution is 7.10. The number of ether oxygens (including phenoxy) is 1. The molecular formula is C14H24N2OS. The van der Waals surface area contributed by atoms with Gasteiger partial charge in [0, 0.05) is 37.6 Å². The van der Waals surface area contributed by atoms with Crippen molar-refractivity contribution in [3.63, 3.8) is 0 Å². The minimum Gasteiger partial charge on any atom is -0.373 e. The van der Waals surface area contributed by atoms with Crippen LogP contribution in [0.1, 0.15) is 24.3 Å². The number of morpholine rings is 1. The third-order valence-electron chi connectivity index (χ3n) is 3.35. The zero-order chi connectivity index (χ0) is 13.0. The average Bonchev–Trinajstić information content (AvgIpc) is 2.69. The molecule has 0 aromatic carbocycles. The van der Waals surface area contributed by atoms with Crippen LogP contribution in [-0.4, -0.2) is 43.3 Å². The third kappa shape index (κ3) is 4.05. The van der Waals surface area contributed by atoms with E-state index < -0.39 is 0 Å².